The van der Waals surface area contributed by atoms with Crippen molar-refractivity contribution in [2.45, 2.75) is 50.1 Å². The molecule has 4 atom stereocenters. The molecule has 2 aliphatic rings. The van der Waals surface area contributed by atoms with E-state index in [1.54, 1.807) is 9.80 Å². The van der Waals surface area contributed by atoms with Crippen LogP contribution in [0.3, 0.4) is 0 Å². The Hall–Kier alpha value is -7.54. The van der Waals surface area contributed by atoms with Gasteiger partial charge in [0.1, 0.15) is 12.1 Å². The van der Waals surface area contributed by atoms with Crippen LogP contribution in [-0.4, -0.2) is 109 Å². The number of carbonyl (C=O) groups excluding carboxylic acids is 4. The molecule has 0 bridgehead atoms. The van der Waals surface area contributed by atoms with E-state index in [-0.39, 0.29) is 35.7 Å². The highest BCUT2D eigenvalue weighted by Gasteiger charge is 2.42. The van der Waals surface area contributed by atoms with E-state index in [4.69, 9.17) is 0 Å². The fourth-order valence-electron chi connectivity index (χ4n) is 8.86. The van der Waals surface area contributed by atoms with Crippen molar-refractivity contribution in [3.05, 3.63) is 191 Å². The predicted molar refractivity (Wildman–Crippen MR) is 273 cm³/mol. The third-order valence-electron chi connectivity index (χ3n) is 12.9. The smallest absolute Gasteiger partial charge is 0.256 e. The largest absolute Gasteiger partial charge is 0.380 e. The van der Waals surface area contributed by atoms with Gasteiger partial charge in [-0.05, 0) is 112 Å². The van der Waals surface area contributed by atoms with Gasteiger partial charge in [0.05, 0.1) is 11.1 Å². The molecule has 0 spiro atoms. The molecule has 2 aliphatic heterocycles. The van der Waals surface area contributed by atoms with Gasteiger partial charge in [-0.2, -0.15) is 0 Å². The number of nitrogens with zero attached hydrogens (tertiary/aromatic N) is 4. The molecule has 68 heavy (non-hydrogen) atoms. The van der Waals surface area contributed by atoms with E-state index in [1.807, 2.05) is 198 Å². The van der Waals surface area contributed by atoms with Crippen molar-refractivity contribution in [1.29, 1.82) is 0 Å². The Labute approximate surface area is 399 Å². The normalized spacial score (nSPS) is 18.0. The highest BCUT2D eigenvalue weighted by atomic mass is 16.2. The molecule has 348 valence electrons. The maximum absolute atomic E-state index is 14.2. The van der Waals surface area contributed by atoms with Crippen LogP contribution in [0.5, 0.6) is 0 Å². The Balaban J connectivity index is 0.873. The number of amides is 4. The standard InChI is InChI=1S/C56H60N8O4/c1-61(2)45-33-51(63(37-45)55(67)47-19-11-13-21-49(47)57-35-41-15-7-5-8-16-41)53(65)59-43-29-25-39(26-30-43)23-24-40-27-31-44(32-28-40)60-54(66)52-34-46(62(3)4)38-64(52)56(68)48-20-12-14-22-50(48)58-36-42-17-9-6-10-18-42/h5-32,45-46,51-52,57-58H,33-38H2,1-4H3,(H,59,65)(H,60,66)/b24-23+/t45-,46-,51-,52-/m0/s1. The summed E-state index contributed by atoms with van der Waals surface area (Å²) in [5, 5.41) is 13.0. The van der Waals surface area contributed by atoms with Gasteiger partial charge in [0.2, 0.25) is 11.8 Å². The van der Waals surface area contributed by atoms with Crippen molar-refractivity contribution in [2.75, 3.05) is 62.5 Å². The van der Waals surface area contributed by atoms with Gasteiger partial charge in [0, 0.05) is 61.0 Å². The Morgan fingerprint density at radius 2 is 0.838 bits per heavy atom. The fraction of sp³-hybridized carbons (Fsp3) is 0.250. The Morgan fingerprint density at radius 3 is 1.21 bits per heavy atom. The summed E-state index contributed by atoms with van der Waals surface area (Å²) in [4.78, 5) is 63.7. The first kappa shape index (κ1) is 47.0. The minimum absolute atomic E-state index is 0.0311. The van der Waals surface area contributed by atoms with Crippen molar-refractivity contribution >= 4 is 58.5 Å². The molecule has 0 aliphatic carbocycles. The van der Waals surface area contributed by atoms with Gasteiger partial charge in [-0.1, -0.05) is 121 Å². The summed E-state index contributed by atoms with van der Waals surface area (Å²) in [5.74, 6) is -0.820. The molecule has 6 aromatic carbocycles. The summed E-state index contributed by atoms with van der Waals surface area (Å²) >= 11 is 0. The van der Waals surface area contributed by atoms with Crippen molar-refractivity contribution in [2.24, 2.45) is 0 Å². The second-order valence-electron chi connectivity index (χ2n) is 18.0. The van der Waals surface area contributed by atoms with Gasteiger partial charge in [-0.15, -0.1) is 0 Å². The van der Waals surface area contributed by atoms with Crippen molar-refractivity contribution < 1.29 is 19.2 Å². The predicted octanol–water partition coefficient (Wildman–Crippen LogP) is 8.65. The lowest BCUT2D eigenvalue weighted by molar-refractivity contribution is -0.120. The number of anilines is 4. The van der Waals surface area contributed by atoms with Crippen LogP contribution < -0.4 is 21.3 Å². The molecule has 0 saturated carbocycles. The maximum Gasteiger partial charge on any atom is 0.256 e. The number of hydrogen-bond acceptors (Lipinski definition) is 8. The van der Waals surface area contributed by atoms with Crippen molar-refractivity contribution in [1.82, 2.24) is 19.6 Å². The molecule has 12 heteroatoms. The number of para-hydroxylation sites is 2. The van der Waals surface area contributed by atoms with Gasteiger partial charge in [-0.25, -0.2) is 0 Å². The lowest BCUT2D eigenvalue weighted by Gasteiger charge is -2.25. The van der Waals surface area contributed by atoms with E-state index in [1.165, 1.54) is 0 Å². The number of likely N-dealkylation sites (N-methyl/N-ethyl adjacent to an activating group) is 2. The summed E-state index contributed by atoms with van der Waals surface area (Å²) in [6.07, 6.45) is 5.01. The Morgan fingerprint density at radius 1 is 0.485 bits per heavy atom. The van der Waals surface area contributed by atoms with Crippen LogP contribution in [0.1, 0.15) is 55.8 Å². The molecule has 2 heterocycles. The van der Waals surface area contributed by atoms with E-state index >= 15 is 0 Å². The average Bonchev–Trinajstić information content (AvgIpc) is 4.03. The van der Waals surface area contributed by atoms with Gasteiger partial charge in [0.25, 0.3) is 11.8 Å². The van der Waals surface area contributed by atoms with Crippen LogP contribution in [0.25, 0.3) is 12.2 Å². The third kappa shape index (κ3) is 11.5. The summed E-state index contributed by atoms with van der Waals surface area (Å²) in [5.41, 5.74) is 7.87. The van der Waals surface area contributed by atoms with Crippen LogP contribution in [-0.2, 0) is 22.7 Å². The molecule has 4 amide bonds. The minimum Gasteiger partial charge on any atom is -0.380 e. The first-order valence-corrected chi connectivity index (χ1v) is 23.2. The van der Waals surface area contributed by atoms with Gasteiger partial charge in [0.15, 0.2) is 0 Å². The first-order chi connectivity index (χ1) is 33.0. The SMILES string of the molecule is CN(C)[C@H]1C[C@@H](C(=O)Nc2ccc(/C=C/c3ccc(NC(=O)[C@@H]4C[C@H](N(C)C)CN4C(=O)c4ccccc4NCc4ccccc4)cc3)cc2)N(C(=O)c2ccccc2NCc2ccccc2)C1. The fourth-order valence-corrected chi connectivity index (χ4v) is 8.86. The van der Waals surface area contributed by atoms with Crippen molar-refractivity contribution in [3.8, 4) is 0 Å². The summed E-state index contributed by atoms with van der Waals surface area (Å²) in [6, 6.07) is 49.0. The molecule has 8 rings (SSSR count). The lowest BCUT2D eigenvalue weighted by atomic mass is 10.1. The number of rotatable bonds is 16. The highest BCUT2D eigenvalue weighted by Crippen LogP contribution is 2.30. The second kappa shape index (κ2) is 21.8. The number of nitrogens with one attached hydrogen (secondary N) is 4. The van der Waals surface area contributed by atoms with Crippen molar-refractivity contribution in [3.63, 3.8) is 0 Å². The number of hydrogen-bond donors (Lipinski definition) is 4. The Bertz CT molecular complexity index is 2520. The van der Waals surface area contributed by atoms with E-state index in [0.717, 1.165) is 33.6 Å². The Kier molecular flexibility index (Phi) is 15.1. The highest BCUT2D eigenvalue weighted by molar-refractivity contribution is 6.05. The molecule has 2 saturated heterocycles. The summed E-state index contributed by atoms with van der Waals surface area (Å²) in [7, 11) is 7.91. The monoisotopic (exact) mass is 908 g/mol. The zero-order chi connectivity index (χ0) is 47.6. The summed E-state index contributed by atoms with van der Waals surface area (Å²) < 4.78 is 0. The maximum atomic E-state index is 14.2. The van der Waals surface area contributed by atoms with Crippen LogP contribution in [0.2, 0.25) is 0 Å². The zero-order valence-corrected chi connectivity index (χ0v) is 39.1. The minimum atomic E-state index is -0.644. The average molecular weight is 909 g/mol. The van der Waals surface area contributed by atoms with E-state index < -0.39 is 12.1 Å². The van der Waals surface area contributed by atoms with Gasteiger partial charge >= 0.3 is 0 Å². The number of benzene rings is 6. The molecule has 0 radical (unpaired) electrons. The molecule has 2 fully saturated rings. The summed E-state index contributed by atoms with van der Waals surface area (Å²) in [6.45, 7) is 2.02. The molecular formula is C56H60N8O4. The number of likely N-dealkylation sites (tertiary alicyclic amines) is 2. The molecular weight excluding hydrogens is 849 g/mol. The lowest BCUT2D eigenvalue weighted by Crippen LogP contribution is -2.43. The first-order valence-electron chi connectivity index (χ1n) is 23.2. The molecule has 0 aromatic heterocycles. The quantitative estimate of drug-likeness (QED) is 0.0711. The van der Waals surface area contributed by atoms with Gasteiger partial charge < -0.3 is 40.9 Å². The van der Waals surface area contributed by atoms with Crippen LogP contribution in [0, 0.1) is 0 Å². The second-order valence-corrected chi connectivity index (χ2v) is 18.0. The van der Waals surface area contributed by atoms with Crippen LogP contribution >= 0.6 is 0 Å². The van der Waals surface area contributed by atoms with E-state index in [0.29, 0.717) is 61.5 Å². The molecule has 12 nitrogen and oxygen atoms in total. The molecule has 4 N–H and O–H groups in total. The molecule has 6 aromatic rings. The molecule has 0 unspecified atom stereocenters. The van der Waals surface area contributed by atoms with Gasteiger partial charge in [-0.3, -0.25) is 19.2 Å². The van der Waals surface area contributed by atoms with E-state index in [9.17, 15) is 19.2 Å². The topological polar surface area (TPSA) is 129 Å². The van der Waals surface area contributed by atoms with Crippen LogP contribution in [0.15, 0.2) is 158 Å². The third-order valence-corrected chi connectivity index (χ3v) is 12.9. The van der Waals surface area contributed by atoms with E-state index in [2.05, 4.69) is 31.1 Å². The number of carbonyl (C=O) groups is 4. The zero-order valence-electron chi connectivity index (χ0n) is 39.1. The van der Waals surface area contributed by atoms with Crippen LogP contribution in [0.4, 0.5) is 22.7 Å².